The zero-order valence-electron chi connectivity index (χ0n) is 10.2. The molecule has 3 amide bonds. The molecule has 0 fully saturated rings. The summed E-state index contributed by atoms with van der Waals surface area (Å²) in [6.45, 7) is 1.97. The van der Waals surface area contributed by atoms with E-state index in [2.05, 4.69) is 10.6 Å². The Morgan fingerprint density at radius 3 is 2.67 bits per heavy atom. The summed E-state index contributed by atoms with van der Waals surface area (Å²) in [5.41, 5.74) is 0.983. The Balaban J connectivity index is 2.47. The summed E-state index contributed by atoms with van der Waals surface area (Å²) < 4.78 is 0. The molecule has 0 aliphatic rings. The van der Waals surface area contributed by atoms with E-state index < -0.39 is 6.03 Å². The third-order valence-electron chi connectivity index (χ3n) is 2.29. The highest BCUT2D eigenvalue weighted by molar-refractivity contribution is 8.00. The Morgan fingerprint density at radius 2 is 2.06 bits per heavy atom. The lowest BCUT2D eigenvalue weighted by molar-refractivity contribution is -0.117. The average Bonchev–Trinajstić information content (AvgIpc) is 2.36. The zero-order valence-corrected chi connectivity index (χ0v) is 11.8. The molecule has 0 heterocycles. The molecule has 0 unspecified atom stereocenters. The second kappa shape index (κ2) is 7.28. The minimum Gasteiger partial charge on any atom is -0.341 e. The fourth-order valence-electron chi connectivity index (χ4n) is 1.32. The highest BCUT2D eigenvalue weighted by Gasteiger charge is 2.12. The van der Waals surface area contributed by atoms with Crippen LogP contribution in [0.25, 0.3) is 0 Å². The van der Waals surface area contributed by atoms with Gasteiger partial charge in [-0.25, -0.2) is 4.79 Å². The number of thioether (sulfide) groups is 1. The predicted molar refractivity (Wildman–Crippen MR) is 74.9 cm³/mol. The summed E-state index contributed by atoms with van der Waals surface area (Å²) in [6.07, 6.45) is 0. The first-order chi connectivity index (χ1) is 8.54. The molecule has 0 aliphatic carbocycles. The maximum atomic E-state index is 11.4. The van der Waals surface area contributed by atoms with Gasteiger partial charge in [-0.3, -0.25) is 10.1 Å². The lowest BCUT2D eigenvalue weighted by atomic mass is 10.2. The molecule has 0 saturated carbocycles. The molecular weight excluding hydrogens is 272 g/mol. The van der Waals surface area contributed by atoms with Crippen LogP contribution in [0.15, 0.2) is 24.3 Å². The smallest absolute Gasteiger partial charge is 0.321 e. The molecular formula is C12H15ClN2O2S. The number of urea groups is 1. The van der Waals surface area contributed by atoms with Crippen molar-refractivity contribution in [1.82, 2.24) is 10.6 Å². The Morgan fingerprint density at radius 1 is 1.39 bits per heavy atom. The highest BCUT2D eigenvalue weighted by Crippen LogP contribution is 2.32. The van der Waals surface area contributed by atoms with Crippen molar-refractivity contribution in [2.45, 2.75) is 12.2 Å². The Kier molecular flexibility index (Phi) is 6.01. The third kappa shape index (κ3) is 4.58. The first-order valence-corrected chi connectivity index (χ1v) is 6.85. The molecule has 1 aromatic carbocycles. The molecule has 1 rings (SSSR count). The first-order valence-electron chi connectivity index (χ1n) is 5.42. The molecule has 1 aromatic rings. The quantitative estimate of drug-likeness (QED) is 0.894. The van der Waals surface area contributed by atoms with E-state index >= 15 is 0 Å². The molecule has 0 aliphatic heterocycles. The fourth-order valence-corrected chi connectivity index (χ4v) is 2.54. The number of hydrogen-bond donors (Lipinski definition) is 2. The van der Waals surface area contributed by atoms with Gasteiger partial charge in [0.1, 0.15) is 0 Å². The standard InChI is InChI=1S/C12H15ClN2O2S/c1-8(9-5-3-4-6-10(9)13)18-7-11(16)15-12(17)14-2/h3-6,8H,7H2,1-2H3,(H2,14,15,16,17)/t8-/m1/s1. The molecule has 0 radical (unpaired) electrons. The summed E-state index contributed by atoms with van der Waals surface area (Å²) in [5, 5.41) is 5.31. The van der Waals surface area contributed by atoms with Gasteiger partial charge in [-0.1, -0.05) is 29.8 Å². The maximum Gasteiger partial charge on any atom is 0.321 e. The van der Waals surface area contributed by atoms with Gasteiger partial charge < -0.3 is 5.32 Å². The topological polar surface area (TPSA) is 58.2 Å². The van der Waals surface area contributed by atoms with Crippen LogP contribution in [0, 0.1) is 0 Å². The van der Waals surface area contributed by atoms with Crippen molar-refractivity contribution in [3.8, 4) is 0 Å². The lowest BCUT2D eigenvalue weighted by Gasteiger charge is -2.12. The lowest BCUT2D eigenvalue weighted by Crippen LogP contribution is -2.38. The summed E-state index contributed by atoms with van der Waals surface area (Å²) in [6, 6.07) is 7.02. The van der Waals surface area contributed by atoms with Gasteiger partial charge in [0.15, 0.2) is 0 Å². The summed E-state index contributed by atoms with van der Waals surface area (Å²) in [7, 11) is 1.46. The molecule has 18 heavy (non-hydrogen) atoms. The van der Waals surface area contributed by atoms with Crippen molar-refractivity contribution in [2.24, 2.45) is 0 Å². The Bertz CT molecular complexity index is 440. The van der Waals surface area contributed by atoms with E-state index in [-0.39, 0.29) is 16.9 Å². The molecule has 4 nitrogen and oxygen atoms in total. The first kappa shape index (κ1) is 14.9. The third-order valence-corrected chi connectivity index (χ3v) is 3.81. The average molecular weight is 287 g/mol. The summed E-state index contributed by atoms with van der Waals surface area (Å²) >= 11 is 7.49. The largest absolute Gasteiger partial charge is 0.341 e. The molecule has 1 atom stereocenters. The van der Waals surface area contributed by atoms with Crippen LogP contribution >= 0.6 is 23.4 Å². The molecule has 6 heteroatoms. The van der Waals surface area contributed by atoms with Crippen LogP contribution in [0.5, 0.6) is 0 Å². The monoisotopic (exact) mass is 286 g/mol. The number of benzene rings is 1. The van der Waals surface area contributed by atoms with Crippen LogP contribution in [0.1, 0.15) is 17.7 Å². The maximum absolute atomic E-state index is 11.4. The summed E-state index contributed by atoms with van der Waals surface area (Å²) in [4.78, 5) is 22.3. The van der Waals surface area contributed by atoms with Gasteiger partial charge in [-0.2, -0.15) is 0 Å². The van der Waals surface area contributed by atoms with Crippen LogP contribution in [-0.4, -0.2) is 24.7 Å². The molecule has 0 aromatic heterocycles. The van der Waals surface area contributed by atoms with Crippen molar-refractivity contribution in [3.05, 3.63) is 34.9 Å². The SMILES string of the molecule is CNC(=O)NC(=O)CS[C@H](C)c1ccccc1Cl. The van der Waals surface area contributed by atoms with E-state index in [4.69, 9.17) is 11.6 Å². The van der Waals surface area contributed by atoms with Gasteiger partial charge in [0.2, 0.25) is 5.91 Å². The van der Waals surface area contributed by atoms with E-state index in [1.165, 1.54) is 18.8 Å². The number of hydrogen-bond acceptors (Lipinski definition) is 3. The zero-order chi connectivity index (χ0) is 13.5. The number of amides is 3. The second-order valence-electron chi connectivity index (χ2n) is 3.60. The molecule has 2 N–H and O–H groups in total. The van der Waals surface area contributed by atoms with Crippen molar-refractivity contribution in [1.29, 1.82) is 0 Å². The van der Waals surface area contributed by atoms with Crippen LogP contribution in [0.4, 0.5) is 4.79 Å². The number of imide groups is 1. The minimum absolute atomic E-state index is 0.0918. The van der Waals surface area contributed by atoms with E-state index in [1.807, 2.05) is 31.2 Å². The van der Waals surface area contributed by atoms with Crippen LogP contribution in [-0.2, 0) is 4.79 Å². The number of nitrogens with one attached hydrogen (secondary N) is 2. The number of carbonyl (C=O) groups excluding carboxylic acids is 2. The Hall–Kier alpha value is -1.20. The van der Waals surface area contributed by atoms with Crippen molar-refractivity contribution < 1.29 is 9.59 Å². The molecule has 0 saturated heterocycles. The fraction of sp³-hybridized carbons (Fsp3) is 0.333. The van der Waals surface area contributed by atoms with Gasteiger partial charge in [-0.15, -0.1) is 11.8 Å². The van der Waals surface area contributed by atoms with E-state index in [0.29, 0.717) is 5.02 Å². The predicted octanol–water partition coefficient (Wildman–Crippen LogP) is 2.59. The van der Waals surface area contributed by atoms with Gasteiger partial charge in [-0.05, 0) is 18.6 Å². The van der Waals surface area contributed by atoms with E-state index in [1.54, 1.807) is 0 Å². The number of halogens is 1. The van der Waals surface area contributed by atoms with Gasteiger partial charge in [0.25, 0.3) is 0 Å². The molecule has 98 valence electrons. The van der Waals surface area contributed by atoms with Crippen LogP contribution < -0.4 is 10.6 Å². The van der Waals surface area contributed by atoms with Gasteiger partial charge in [0, 0.05) is 17.3 Å². The second-order valence-corrected chi connectivity index (χ2v) is 5.34. The summed E-state index contributed by atoms with van der Waals surface area (Å²) in [5.74, 6) is -0.113. The number of rotatable bonds is 4. The highest BCUT2D eigenvalue weighted by atomic mass is 35.5. The van der Waals surface area contributed by atoms with Gasteiger partial charge >= 0.3 is 6.03 Å². The minimum atomic E-state index is -0.494. The van der Waals surface area contributed by atoms with Crippen molar-refractivity contribution in [3.63, 3.8) is 0 Å². The van der Waals surface area contributed by atoms with Crippen LogP contribution in [0.2, 0.25) is 5.02 Å². The van der Waals surface area contributed by atoms with Crippen LogP contribution in [0.3, 0.4) is 0 Å². The molecule has 0 bridgehead atoms. The normalized spacial score (nSPS) is 11.7. The van der Waals surface area contributed by atoms with E-state index in [9.17, 15) is 9.59 Å². The van der Waals surface area contributed by atoms with Crippen molar-refractivity contribution in [2.75, 3.05) is 12.8 Å². The van der Waals surface area contributed by atoms with E-state index in [0.717, 1.165) is 5.56 Å². The number of carbonyl (C=O) groups is 2. The molecule has 0 spiro atoms. The van der Waals surface area contributed by atoms with Gasteiger partial charge in [0.05, 0.1) is 5.75 Å². The van der Waals surface area contributed by atoms with Crippen molar-refractivity contribution >= 4 is 35.3 Å². The Labute approximate surface area is 115 Å².